The Balaban J connectivity index is 1.25. The number of morpholine rings is 1. The van der Waals surface area contributed by atoms with Gasteiger partial charge < -0.3 is 14.5 Å². The lowest BCUT2D eigenvalue weighted by atomic mass is 10.1. The van der Waals surface area contributed by atoms with Crippen LogP contribution in [0.25, 0.3) is 11.3 Å². The Bertz CT molecular complexity index is 1170. The number of carbonyl (C=O) groups is 2. The van der Waals surface area contributed by atoms with Crippen LogP contribution in [-0.2, 0) is 20.9 Å². The number of anilines is 1. The van der Waals surface area contributed by atoms with Gasteiger partial charge in [0.1, 0.15) is 0 Å². The van der Waals surface area contributed by atoms with Gasteiger partial charge in [-0.2, -0.15) is 0 Å². The van der Waals surface area contributed by atoms with E-state index in [0.29, 0.717) is 18.7 Å². The average Bonchev–Trinajstić information content (AvgIpc) is 3.43. The van der Waals surface area contributed by atoms with Gasteiger partial charge in [0, 0.05) is 68.4 Å². The Labute approximate surface area is 223 Å². The van der Waals surface area contributed by atoms with Crippen LogP contribution < -0.4 is 4.90 Å². The van der Waals surface area contributed by atoms with Gasteiger partial charge in [-0.3, -0.25) is 14.5 Å². The number of ether oxygens (including phenoxy) is 1. The molecule has 1 aromatic carbocycles. The van der Waals surface area contributed by atoms with E-state index in [1.54, 1.807) is 40.5 Å². The molecule has 0 unspecified atom stereocenters. The third kappa shape index (κ3) is 7.35. The molecule has 0 aliphatic carbocycles. The first-order valence-electron chi connectivity index (χ1n) is 12.6. The molecule has 4 rings (SSSR count). The Morgan fingerprint density at radius 1 is 1.03 bits per heavy atom. The maximum Gasteiger partial charge on any atom is 0.246 e. The van der Waals surface area contributed by atoms with Crippen molar-refractivity contribution in [2.45, 2.75) is 13.5 Å². The zero-order valence-corrected chi connectivity index (χ0v) is 22.2. The highest BCUT2D eigenvalue weighted by Crippen LogP contribution is 2.28. The molecule has 2 aliphatic rings. The number of hydrogen-bond donors (Lipinski definition) is 0. The summed E-state index contributed by atoms with van der Waals surface area (Å²) in [6, 6.07) is 8.60. The number of aromatic nitrogens is 1. The van der Waals surface area contributed by atoms with Crippen LogP contribution in [0, 0.1) is 0 Å². The van der Waals surface area contributed by atoms with E-state index in [1.165, 1.54) is 17.7 Å². The van der Waals surface area contributed by atoms with E-state index in [1.807, 2.05) is 6.92 Å². The van der Waals surface area contributed by atoms with Crippen molar-refractivity contribution in [2.24, 2.45) is 0 Å². The van der Waals surface area contributed by atoms with E-state index < -0.39 is 0 Å². The zero-order valence-electron chi connectivity index (χ0n) is 21.3. The minimum Gasteiger partial charge on any atom is -0.378 e. The Morgan fingerprint density at radius 2 is 1.76 bits per heavy atom. The minimum atomic E-state index is -0.205. The highest BCUT2D eigenvalue weighted by atomic mass is 32.1. The molecule has 0 radical (unpaired) electrons. The number of rotatable bonds is 9. The van der Waals surface area contributed by atoms with E-state index in [2.05, 4.69) is 46.0 Å². The predicted molar refractivity (Wildman–Crippen MR) is 150 cm³/mol. The van der Waals surface area contributed by atoms with Crippen molar-refractivity contribution in [1.29, 1.82) is 0 Å². The fourth-order valence-electron chi connectivity index (χ4n) is 4.34. The molecule has 0 saturated carbocycles. The number of carbonyl (C=O) groups excluding carboxylic acids is 2. The summed E-state index contributed by atoms with van der Waals surface area (Å²) in [5, 5.41) is 3.18. The minimum absolute atomic E-state index is 0.129. The van der Waals surface area contributed by atoms with Crippen molar-refractivity contribution >= 4 is 28.2 Å². The van der Waals surface area contributed by atoms with Gasteiger partial charge in [0.25, 0.3) is 0 Å². The lowest BCUT2D eigenvalue weighted by molar-refractivity contribution is -0.128. The van der Waals surface area contributed by atoms with Crippen LogP contribution in [0.1, 0.15) is 12.5 Å². The number of allylic oxidation sites excluding steroid dienone is 6. The largest absolute Gasteiger partial charge is 0.378 e. The summed E-state index contributed by atoms with van der Waals surface area (Å²) in [4.78, 5) is 36.1. The molecule has 2 aromatic rings. The first-order valence-corrected chi connectivity index (χ1v) is 13.5. The Hall–Kier alpha value is -3.33. The molecule has 8 heteroatoms. The van der Waals surface area contributed by atoms with E-state index in [4.69, 9.17) is 9.72 Å². The fraction of sp³-hybridized carbons (Fsp3) is 0.345. The van der Waals surface area contributed by atoms with Crippen LogP contribution in [0.4, 0.5) is 5.13 Å². The maximum atomic E-state index is 12.6. The van der Waals surface area contributed by atoms with Crippen LogP contribution in [0.15, 0.2) is 78.3 Å². The molecule has 0 bridgehead atoms. The summed E-state index contributed by atoms with van der Waals surface area (Å²) in [5.41, 5.74) is 3.87. The summed E-state index contributed by atoms with van der Waals surface area (Å²) in [5.74, 6) is -0.334. The smallest absolute Gasteiger partial charge is 0.246 e. The van der Waals surface area contributed by atoms with Crippen molar-refractivity contribution in [3.8, 4) is 11.3 Å². The van der Waals surface area contributed by atoms with Gasteiger partial charge in [0.05, 0.1) is 18.9 Å². The van der Waals surface area contributed by atoms with Crippen molar-refractivity contribution in [3.05, 3.63) is 83.8 Å². The topological polar surface area (TPSA) is 66.0 Å². The normalized spacial score (nSPS) is 17.6. The number of ketones is 1. The molecule has 0 N–H and O–H groups in total. The second-order valence-electron chi connectivity index (χ2n) is 8.97. The van der Waals surface area contributed by atoms with Crippen molar-refractivity contribution in [1.82, 2.24) is 14.8 Å². The van der Waals surface area contributed by atoms with E-state index in [-0.39, 0.29) is 11.7 Å². The Kier molecular flexibility index (Phi) is 9.59. The first kappa shape index (κ1) is 26.7. The molecule has 1 amide bonds. The highest BCUT2D eigenvalue weighted by molar-refractivity contribution is 7.14. The predicted octanol–water partition coefficient (Wildman–Crippen LogP) is 4.10. The summed E-state index contributed by atoms with van der Waals surface area (Å²) in [6.07, 6.45) is 9.43. The molecule has 2 saturated heterocycles. The SMILES string of the molecule is C=C/C=C(\C=C/C)C(=O)/C=C/C(=O)N1CCN(Cc2ccc(-c3csc(N4CCOCC4)n3)cc2)CC1. The van der Waals surface area contributed by atoms with E-state index in [0.717, 1.165) is 62.3 Å². The number of piperazine rings is 1. The summed E-state index contributed by atoms with van der Waals surface area (Å²) in [6.45, 7) is 12.5. The van der Waals surface area contributed by atoms with Crippen LogP contribution in [0.3, 0.4) is 0 Å². The molecular weight excluding hydrogens is 484 g/mol. The third-order valence-corrected chi connectivity index (χ3v) is 7.32. The number of amides is 1. The number of hydrogen-bond acceptors (Lipinski definition) is 7. The maximum absolute atomic E-state index is 12.6. The summed E-state index contributed by atoms with van der Waals surface area (Å²) >= 11 is 1.68. The lowest BCUT2D eigenvalue weighted by Gasteiger charge is -2.34. The molecule has 3 heterocycles. The third-order valence-electron chi connectivity index (χ3n) is 6.42. The van der Waals surface area contributed by atoms with Crippen molar-refractivity contribution in [2.75, 3.05) is 57.4 Å². The second kappa shape index (κ2) is 13.3. The van der Waals surface area contributed by atoms with Gasteiger partial charge in [0.15, 0.2) is 10.9 Å². The zero-order chi connectivity index (χ0) is 26.0. The molecule has 0 spiro atoms. The fourth-order valence-corrected chi connectivity index (χ4v) is 5.23. The van der Waals surface area contributed by atoms with Gasteiger partial charge in [-0.1, -0.05) is 55.1 Å². The van der Waals surface area contributed by atoms with Gasteiger partial charge in [-0.25, -0.2) is 4.98 Å². The lowest BCUT2D eigenvalue weighted by Crippen LogP contribution is -2.47. The molecule has 1 aromatic heterocycles. The molecule has 7 nitrogen and oxygen atoms in total. The van der Waals surface area contributed by atoms with Crippen LogP contribution in [0.2, 0.25) is 0 Å². The van der Waals surface area contributed by atoms with Crippen LogP contribution in [0.5, 0.6) is 0 Å². The average molecular weight is 519 g/mol. The van der Waals surface area contributed by atoms with Crippen molar-refractivity contribution in [3.63, 3.8) is 0 Å². The van der Waals surface area contributed by atoms with Crippen molar-refractivity contribution < 1.29 is 14.3 Å². The molecule has 0 atom stereocenters. The van der Waals surface area contributed by atoms with Crippen LogP contribution in [-0.4, -0.2) is 79.0 Å². The summed E-state index contributed by atoms with van der Waals surface area (Å²) in [7, 11) is 0. The summed E-state index contributed by atoms with van der Waals surface area (Å²) < 4.78 is 5.44. The van der Waals surface area contributed by atoms with Gasteiger partial charge >= 0.3 is 0 Å². The monoisotopic (exact) mass is 518 g/mol. The number of nitrogens with zero attached hydrogens (tertiary/aromatic N) is 4. The van der Waals surface area contributed by atoms with Gasteiger partial charge in [-0.15, -0.1) is 11.3 Å². The van der Waals surface area contributed by atoms with Gasteiger partial charge in [-0.05, 0) is 18.6 Å². The Morgan fingerprint density at radius 3 is 2.43 bits per heavy atom. The van der Waals surface area contributed by atoms with E-state index >= 15 is 0 Å². The number of thiazole rings is 1. The standard InChI is InChI=1S/C29H34N4O3S/c1-3-5-25(6-4-2)27(34)11-12-28(35)32-15-13-31(14-16-32)21-23-7-9-24(10-8-23)26-22-37-29(30-26)33-17-19-36-20-18-33/h3-12,22H,1,13-21H2,2H3/b6-4-,12-11+,25-5+. The molecular formula is C29H34N4O3S. The number of benzene rings is 1. The van der Waals surface area contributed by atoms with Crippen LogP contribution >= 0.6 is 11.3 Å². The first-order chi connectivity index (χ1) is 18.1. The second-order valence-corrected chi connectivity index (χ2v) is 9.80. The molecule has 37 heavy (non-hydrogen) atoms. The highest BCUT2D eigenvalue weighted by Gasteiger charge is 2.20. The molecule has 2 fully saturated rings. The van der Waals surface area contributed by atoms with Gasteiger partial charge in [0.2, 0.25) is 5.91 Å². The molecule has 2 aliphatic heterocycles. The molecule has 194 valence electrons. The van der Waals surface area contributed by atoms with E-state index in [9.17, 15) is 9.59 Å². The quantitative estimate of drug-likeness (QED) is 0.368.